The molecule has 0 radical (unpaired) electrons. The topological polar surface area (TPSA) is 38.7 Å². The Kier molecular flexibility index (Phi) is 3.75. The van der Waals surface area contributed by atoms with Gasteiger partial charge in [-0.3, -0.25) is 0 Å². The van der Waals surface area contributed by atoms with Gasteiger partial charge in [-0.2, -0.15) is 0 Å². The third-order valence-electron chi connectivity index (χ3n) is 6.31. The van der Waals surface area contributed by atoms with Crippen molar-refractivity contribution in [2.24, 2.45) is 22.7 Å². The van der Waals surface area contributed by atoms with Crippen LogP contribution in [0.4, 0.5) is 0 Å². The fraction of sp³-hybridized carbons (Fsp3) is 0.889. The van der Waals surface area contributed by atoms with Crippen LogP contribution in [-0.2, 0) is 9.47 Å². The van der Waals surface area contributed by atoms with Crippen molar-refractivity contribution in [1.29, 1.82) is 0 Å². The number of hydrogen-bond donors (Lipinski definition) is 1. The molecule has 3 heteroatoms. The van der Waals surface area contributed by atoms with Crippen LogP contribution in [0, 0.1) is 22.7 Å². The van der Waals surface area contributed by atoms with Crippen molar-refractivity contribution < 1.29 is 14.6 Å². The first-order chi connectivity index (χ1) is 9.83. The Hall–Kier alpha value is -0.380. The summed E-state index contributed by atoms with van der Waals surface area (Å²) in [6.45, 7) is 10.8. The van der Waals surface area contributed by atoms with Crippen molar-refractivity contribution in [1.82, 2.24) is 0 Å². The molecule has 1 spiro atoms. The van der Waals surface area contributed by atoms with Crippen molar-refractivity contribution in [3.63, 3.8) is 0 Å². The summed E-state index contributed by atoms with van der Waals surface area (Å²) in [6, 6.07) is 0. The van der Waals surface area contributed by atoms with Gasteiger partial charge in [0.15, 0.2) is 5.79 Å². The standard InChI is InChI=1S/C18H30O3/c1-16(2,3)13-5-6-15(12-19)17(4)14(11-13)7-8-18(17)20-9-10-21-18/h11,13,15,19H,5-10,12H2,1-4H3/t13-,15+,17-/m0/s1. The molecule has 0 aromatic carbocycles. The highest BCUT2D eigenvalue weighted by atomic mass is 16.7. The van der Waals surface area contributed by atoms with E-state index in [1.807, 2.05) is 0 Å². The van der Waals surface area contributed by atoms with Gasteiger partial charge in [-0.1, -0.05) is 39.3 Å². The van der Waals surface area contributed by atoms with Crippen LogP contribution < -0.4 is 0 Å². The lowest BCUT2D eigenvalue weighted by molar-refractivity contribution is -0.226. The number of fused-ring (bicyclic) bond motifs is 2. The van der Waals surface area contributed by atoms with Crippen LogP contribution in [0.25, 0.3) is 0 Å². The van der Waals surface area contributed by atoms with E-state index >= 15 is 0 Å². The van der Waals surface area contributed by atoms with Crippen LogP contribution >= 0.6 is 0 Å². The quantitative estimate of drug-likeness (QED) is 0.752. The lowest BCUT2D eigenvalue weighted by Gasteiger charge is -2.44. The van der Waals surface area contributed by atoms with E-state index in [0.29, 0.717) is 19.1 Å². The zero-order chi connectivity index (χ0) is 15.3. The molecule has 2 fully saturated rings. The van der Waals surface area contributed by atoms with E-state index in [-0.39, 0.29) is 23.4 Å². The van der Waals surface area contributed by atoms with Gasteiger partial charge >= 0.3 is 0 Å². The average Bonchev–Trinajstić information content (AvgIpc) is 2.94. The molecule has 1 heterocycles. The minimum atomic E-state index is -0.487. The Balaban J connectivity index is 2.04. The van der Waals surface area contributed by atoms with Crippen LogP contribution in [0.5, 0.6) is 0 Å². The van der Waals surface area contributed by atoms with Crippen LogP contribution in [0.15, 0.2) is 11.6 Å². The number of rotatable bonds is 1. The molecule has 1 saturated carbocycles. The van der Waals surface area contributed by atoms with E-state index in [0.717, 1.165) is 25.7 Å². The van der Waals surface area contributed by atoms with Gasteiger partial charge in [-0.15, -0.1) is 0 Å². The van der Waals surface area contributed by atoms with E-state index in [4.69, 9.17) is 9.47 Å². The Morgan fingerprint density at radius 2 is 1.90 bits per heavy atom. The number of aliphatic hydroxyl groups excluding tert-OH is 1. The first kappa shape index (κ1) is 15.5. The van der Waals surface area contributed by atoms with Gasteiger partial charge in [-0.25, -0.2) is 0 Å². The molecule has 1 N–H and O–H groups in total. The summed E-state index contributed by atoms with van der Waals surface area (Å²) in [5.41, 5.74) is 1.56. The maximum Gasteiger partial charge on any atom is 0.178 e. The molecule has 3 nitrogen and oxygen atoms in total. The number of hydrogen-bond acceptors (Lipinski definition) is 3. The van der Waals surface area contributed by atoms with Gasteiger partial charge in [0.05, 0.1) is 13.2 Å². The summed E-state index contributed by atoms with van der Waals surface area (Å²) in [7, 11) is 0. The number of ether oxygens (including phenoxy) is 2. The fourth-order valence-corrected chi connectivity index (χ4v) is 4.74. The minimum Gasteiger partial charge on any atom is -0.396 e. The van der Waals surface area contributed by atoms with E-state index in [9.17, 15) is 5.11 Å². The van der Waals surface area contributed by atoms with Crippen LogP contribution in [0.1, 0.15) is 53.4 Å². The second-order valence-corrected chi connectivity index (χ2v) is 8.27. The highest BCUT2D eigenvalue weighted by Crippen LogP contribution is 2.61. The van der Waals surface area contributed by atoms with E-state index in [1.165, 1.54) is 5.57 Å². The van der Waals surface area contributed by atoms with Crippen molar-refractivity contribution in [2.45, 2.75) is 59.2 Å². The Labute approximate surface area is 128 Å². The van der Waals surface area contributed by atoms with Gasteiger partial charge in [0.25, 0.3) is 0 Å². The van der Waals surface area contributed by atoms with Crippen LogP contribution in [0.3, 0.4) is 0 Å². The summed E-state index contributed by atoms with van der Waals surface area (Å²) in [5, 5.41) is 10.0. The summed E-state index contributed by atoms with van der Waals surface area (Å²) < 4.78 is 12.2. The smallest absolute Gasteiger partial charge is 0.178 e. The second kappa shape index (κ2) is 5.07. The van der Waals surface area contributed by atoms with Crippen molar-refractivity contribution in [3.8, 4) is 0 Å². The Morgan fingerprint density at radius 3 is 2.48 bits per heavy atom. The maximum atomic E-state index is 10.0. The van der Waals surface area contributed by atoms with Gasteiger partial charge in [0.2, 0.25) is 0 Å². The molecule has 3 rings (SSSR count). The summed E-state index contributed by atoms with van der Waals surface area (Å²) >= 11 is 0. The Bertz CT molecular complexity index is 428. The lowest BCUT2D eigenvalue weighted by Crippen LogP contribution is -2.49. The number of aliphatic hydroxyl groups is 1. The van der Waals surface area contributed by atoms with E-state index < -0.39 is 5.79 Å². The first-order valence-corrected chi connectivity index (χ1v) is 8.43. The van der Waals surface area contributed by atoms with Crippen molar-refractivity contribution >= 4 is 0 Å². The van der Waals surface area contributed by atoms with Gasteiger partial charge in [0.1, 0.15) is 0 Å². The van der Waals surface area contributed by atoms with Gasteiger partial charge in [-0.05, 0) is 36.5 Å². The largest absolute Gasteiger partial charge is 0.396 e. The zero-order valence-electron chi connectivity index (χ0n) is 13.9. The summed E-state index contributed by atoms with van der Waals surface area (Å²) in [6.07, 6.45) is 6.66. The van der Waals surface area contributed by atoms with Gasteiger partial charge < -0.3 is 14.6 Å². The molecule has 0 bridgehead atoms. The molecule has 0 aromatic rings. The molecule has 3 aliphatic rings. The molecular formula is C18H30O3. The average molecular weight is 294 g/mol. The monoisotopic (exact) mass is 294 g/mol. The van der Waals surface area contributed by atoms with E-state index in [1.54, 1.807) is 0 Å². The SMILES string of the molecule is CC(C)(C)[C@@H]1C=C2CCC3(OCCO3)[C@]2(C)[C@@H](CO)CC1. The lowest BCUT2D eigenvalue weighted by atomic mass is 9.69. The molecule has 0 aromatic heterocycles. The number of allylic oxidation sites excluding steroid dienone is 1. The summed E-state index contributed by atoms with van der Waals surface area (Å²) in [4.78, 5) is 0. The van der Waals surface area contributed by atoms with E-state index in [2.05, 4.69) is 33.8 Å². The third-order valence-corrected chi connectivity index (χ3v) is 6.31. The zero-order valence-corrected chi connectivity index (χ0v) is 13.9. The summed E-state index contributed by atoms with van der Waals surface area (Å²) in [5.74, 6) is 0.315. The molecule has 21 heavy (non-hydrogen) atoms. The van der Waals surface area contributed by atoms with Crippen molar-refractivity contribution in [3.05, 3.63) is 11.6 Å². The third kappa shape index (κ3) is 2.20. The second-order valence-electron chi connectivity index (χ2n) is 8.27. The molecule has 3 atom stereocenters. The molecule has 2 aliphatic carbocycles. The normalized spacial score (nSPS) is 39.2. The molecule has 1 aliphatic heterocycles. The highest BCUT2D eigenvalue weighted by molar-refractivity contribution is 5.29. The molecule has 120 valence electrons. The van der Waals surface area contributed by atoms with Gasteiger partial charge in [0, 0.05) is 18.4 Å². The molecule has 1 saturated heterocycles. The minimum absolute atomic E-state index is 0.168. The predicted molar refractivity (Wildman–Crippen MR) is 82.8 cm³/mol. The highest BCUT2D eigenvalue weighted by Gasteiger charge is 2.62. The molecular weight excluding hydrogens is 264 g/mol. The Morgan fingerprint density at radius 1 is 1.24 bits per heavy atom. The molecule has 0 unspecified atom stereocenters. The van der Waals surface area contributed by atoms with Crippen LogP contribution in [-0.4, -0.2) is 30.7 Å². The fourth-order valence-electron chi connectivity index (χ4n) is 4.74. The van der Waals surface area contributed by atoms with Crippen LogP contribution in [0.2, 0.25) is 0 Å². The maximum absolute atomic E-state index is 10.0. The van der Waals surface area contributed by atoms with Crippen molar-refractivity contribution in [2.75, 3.05) is 19.8 Å². The molecule has 0 amide bonds. The first-order valence-electron chi connectivity index (χ1n) is 8.43. The predicted octanol–water partition coefficient (Wildman–Crippen LogP) is 3.52.